The molecule has 3 heteroatoms. The first-order valence-electron chi connectivity index (χ1n) is 7.31. The lowest BCUT2D eigenvalue weighted by Gasteiger charge is -2.35. The molecule has 2 rings (SSSR count). The van der Waals surface area contributed by atoms with Crippen molar-refractivity contribution in [2.45, 2.75) is 51.1 Å². The Labute approximate surface area is 116 Å². The minimum atomic E-state index is 0.397. The summed E-state index contributed by atoms with van der Waals surface area (Å²) in [7, 11) is 3.92. The molecule has 2 N–H and O–H groups in total. The second-order valence-corrected chi connectivity index (χ2v) is 5.54. The third-order valence-electron chi connectivity index (χ3n) is 4.32. The van der Waals surface area contributed by atoms with E-state index in [9.17, 15) is 0 Å². The van der Waals surface area contributed by atoms with E-state index in [0.717, 1.165) is 25.0 Å². The monoisotopic (exact) mass is 262 g/mol. The number of nitrogens with zero attached hydrogens (tertiary/aromatic N) is 1. The van der Waals surface area contributed by atoms with Crippen LogP contribution in [-0.2, 0) is 6.42 Å². The van der Waals surface area contributed by atoms with Crippen molar-refractivity contribution in [2.24, 2.45) is 5.73 Å². The molecule has 0 unspecified atom stereocenters. The number of methoxy groups -OCH3 is 1. The SMILES string of the molecule is CCc1ccc(OC)c(N(C)C2CCC(N)CC2)c1. The number of nitrogens with two attached hydrogens (primary N) is 1. The van der Waals surface area contributed by atoms with Gasteiger partial charge in [-0.3, -0.25) is 0 Å². The molecule has 1 aliphatic rings. The summed E-state index contributed by atoms with van der Waals surface area (Å²) in [6.45, 7) is 2.19. The predicted octanol–water partition coefficient (Wildman–Crippen LogP) is 2.96. The Morgan fingerprint density at radius 3 is 2.53 bits per heavy atom. The van der Waals surface area contributed by atoms with Crippen LogP contribution >= 0.6 is 0 Å². The van der Waals surface area contributed by atoms with Crippen LogP contribution < -0.4 is 15.4 Å². The summed E-state index contributed by atoms with van der Waals surface area (Å²) in [6, 6.07) is 7.47. The zero-order valence-electron chi connectivity index (χ0n) is 12.4. The number of benzene rings is 1. The fourth-order valence-corrected chi connectivity index (χ4v) is 2.92. The van der Waals surface area contributed by atoms with Crippen LogP contribution in [0.5, 0.6) is 5.75 Å². The minimum absolute atomic E-state index is 0.397. The average molecular weight is 262 g/mol. The molecule has 0 amide bonds. The lowest BCUT2D eigenvalue weighted by atomic mass is 9.90. The number of anilines is 1. The second kappa shape index (κ2) is 6.29. The molecular formula is C16H26N2O. The molecule has 1 aliphatic carbocycles. The Bertz CT molecular complexity index is 411. The van der Waals surface area contributed by atoms with Crippen LogP contribution in [0.3, 0.4) is 0 Å². The first-order valence-corrected chi connectivity index (χ1v) is 7.31. The fraction of sp³-hybridized carbons (Fsp3) is 0.625. The van der Waals surface area contributed by atoms with Gasteiger partial charge in [-0.1, -0.05) is 13.0 Å². The van der Waals surface area contributed by atoms with Crippen molar-refractivity contribution < 1.29 is 4.74 Å². The number of rotatable bonds is 4. The van der Waals surface area contributed by atoms with Gasteiger partial charge in [0.05, 0.1) is 12.8 Å². The van der Waals surface area contributed by atoms with Crippen LogP contribution in [0, 0.1) is 0 Å². The van der Waals surface area contributed by atoms with Gasteiger partial charge >= 0.3 is 0 Å². The highest BCUT2D eigenvalue weighted by molar-refractivity contribution is 5.60. The Hall–Kier alpha value is -1.22. The number of hydrogen-bond donors (Lipinski definition) is 1. The van der Waals surface area contributed by atoms with Gasteiger partial charge in [0.1, 0.15) is 5.75 Å². The van der Waals surface area contributed by atoms with Gasteiger partial charge in [0.25, 0.3) is 0 Å². The Kier molecular flexibility index (Phi) is 4.70. The van der Waals surface area contributed by atoms with Crippen molar-refractivity contribution in [3.8, 4) is 5.75 Å². The van der Waals surface area contributed by atoms with Crippen LogP contribution in [0.4, 0.5) is 5.69 Å². The lowest BCUT2D eigenvalue weighted by molar-refractivity contribution is 0.377. The molecule has 0 radical (unpaired) electrons. The Morgan fingerprint density at radius 1 is 1.26 bits per heavy atom. The number of aryl methyl sites for hydroxylation is 1. The van der Waals surface area contributed by atoms with E-state index in [2.05, 4.69) is 37.1 Å². The molecular weight excluding hydrogens is 236 g/mol. The maximum Gasteiger partial charge on any atom is 0.142 e. The van der Waals surface area contributed by atoms with Gasteiger partial charge in [0.2, 0.25) is 0 Å². The summed E-state index contributed by atoms with van der Waals surface area (Å²) in [5.41, 5.74) is 8.56. The van der Waals surface area contributed by atoms with Gasteiger partial charge in [-0.2, -0.15) is 0 Å². The molecule has 1 saturated carbocycles. The van der Waals surface area contributed by atoms with E-state index in [4.69, 9.17) is 10.5 Å². The highest BCUT2D eigenvalue weighted by atomic mass is 16.5. The molecule has 1 fully saturated rings. The van der Waals surface area contributed by atoms with Gasteiger partial charge in [-0.15, -0.1) is 0 Å². The average Bonchev–Trinajstić information content (AvgIpc) is 2.46. The van der Waals surface area contributed by atoms with E-state index in [1.807, 2.05) is 0 Å². The highest BCUT2D eigenvalue weighted by Gasteiger charge is 2.23. The van der Waals surface area contributed by atoms with Gasteiger partial charge in [-0.25, -0.2) is 0 Å². The van der Waals surface area contributed by atoms with E-state index >= 15 is 0 Å². The second-order valence-electron chi connectivity index (χ2n) is 5.54. The molecule has 0 aromatic heterocycles. The largest absolute Gasteiger partial charge is 0.495 e. The predicted molar refractivity (Wildman–Crippen MR) is 81.0 cm³/mol. The van der Waals surface area contributed by atoms with Crippen molar-refractivity contribution in [2.75, 3.05) is 19.1 Å². The van der Waals surface area contributed by atoms with Crippen molar-refractivity contribution >= 4 is 5.69 Å². The number of ether oxygens (including phenoxy) is 1. The maximum atomic E-state index is 5.99. The molecule has 1 aromatic rings. The van der Waals surface area contributed by atoms with Crippen molar-refractivity contribution in [1.82, 2.24) is 0 Å². The quantitative estimate of drug-likeness (QED) is 0.906. The standard InChI is InChI=1S/C16H26N2O/c1-4-12-5-10-16(19-3)15(11-12)18(2)14-8-6-13(17)7-9-14/h5,10-11,13-14H,4,6-9,17H2,1-3H3. The summed E-state index contributed by atoms with van der Waals surface area (Å²) in [5, 5.41) is 0. The molecule has 0 saturated heterocycles. The molecule has 0 aliphatic heterocycles. The topological polar surface area (TPSA) is 38.5 Å². The first-order chi connectivity index (χ1) is 9.15. The summed E-state index contributed by atoms with van der Waals surface area (Å²) >= 11 is 0. The van der Waals surface area contributed by atoms with Crippen LogP contribution in [-0.4, -0.2) is 26.2 Å². The molecule has 0 heterocycles. The fourth-order valence-electron chi connectivity index (χ4n) is 2.92. The van der Waals surface area contributed by atoms with Crippen molar-refractivity contribution in [1.29, 1.82) is 0 Å². The van der Waals surface area contributed by atoms with Crippen molar-refractivity contribution in [3.05, 3.63) is 23.8 Å². The maximum absolute atomic E-state index is 5.99. The van der Waals surface area contributed by atoms with Crippen LogP contribution in [0.15, 0.2) is 18.2 Å². The van der Waals surface area contributed by atoms with Gasteiger partial charge in [0, 0.05) is 19.1 Å². The zero-order chi connectivity index (χ0) is 13.8. The molecule has 19 heavy (non-hydrogen) atoms. The van der Waals surface area contributed by atoms with Crippen LogP contribution in [0.25, 0.3) is 0 Å². The normalized spacial score (nSPS) is 23.2. The van der Waals surface area contributed by atoms with E-state index in [-0.39, 0.29) is 0 Å². The molecule has 106 valence electrons. The summed E-state index contributed by atoms with van der Waals surface area (Å²) in [5.74, 6) is 0.967. The Balaban J connectivity index is 2.19. The van der Waals surface area contributed by atoms with E-state index in [1.165, 1.54) is 24.1 Å². The van der Waals surface area contributed by atoms with Crippen molar-refractivity contribution in [3.63, 3.8) is 0 Å². The zero-order valence-corrected chi connectivity index (χ0v) is 12.4. The van der Waals surface area contributed by atoms with Gasteiger partial charge in [-0.05, 0) is 49.8 Å². The van der Waals surface area contributed by atoms with E-state index in [0.29, 0.717) is 12.1 Å². The number of hydrogen-bond acceptors (Lipinski definition) is 3. The Morgan fingerprint density at radius 2 is 1.95 bits per heavy atom. The lowest BCUT2D eigenvalue weighted by Crippen LogP contribution is -2.38. The summed E-state index contributed by atoms with van der Waals surface area (Å²) in [6.07, 6.45) is 5.67. The van der Waals surface area contributed by atoms with Crippen LogP contribution in [0.1, 0.15) is 38.2 Å². The summed E-state index contributed by atoms with van der Waals surface area (Å²) < 4.78 is 5.51. The van der Waals surface area contributed by atoms with Gasteiger partial charge in [0.15, 0.2) is 0 Å². The third-order valence-corrected chi connectivity index (χ3v) is 4.32. The third kappa shape index (κ3) is 3.21. The van der Waals surface area contributed by atoms with E-state index < -0.39 is 0 Å². The highest BCUT2D eigenvalue weighted by Crippen LogP contribution is 2.33. The summed E-state index contributed by atoms with van der Waals surface area (Å²) in [4.78, 5) is 2.38. The minimum Gasteiger partial charge on any atom is -0.495 e. The molecule has 1 aromatic carbocycles. The first kappa shape index (κ1) is 14.2. The molecule has 0 bridgehead atoms. The van der Waals surface area contributed by atoms with Crippen LogP contribution in [0.2, 0.25) is 0 Å². The molecule has 3 nitrogen and oxygen atoms in total. The molecule has 0 atom stereocenters. The molecule has 0 spiro atoms. The smallest absolute Gasteiger partial charge is 0.142 e. The van der Waals surface area contributed by atoms with E-state index in [1.54, 1.807) is 7.11 Å². The van der Waals surface area contributed by atoms with Gasteiger partial charge < -0.3 is 15.4 Å².